The Bertz CT molecular complexity index is 264. The highest BCUT2D eigenvalue weighted by atomic mass is 32.4. The van der Waals surface area contributed by atoms with E-state index < -0.39 is 0 Å². The third-order valence-electron chi connectivity index (χ3n) is 5.07. The summed E-state index contributed by atoms with van der Waals surface area (Å²) in [6.45, 7) is 9.49. The van der Waals surface area contributed by atoms with Crippen LogP contribution >= 0.6 is 7.36 Å². The molecule has 0 N–H and O–H groups in total. The molecule has 2 saturated heterocycles. The van der Waals surface area contributed by atoms with Crippen molar-refractivity contribution in [3.8, 4) is 0 Å². The third-order valence-corrected chi connectivity index (χ3v) is 6.42. The summed E-state index contributed by atoms with van der Waals surface area (Å²) in [6, 6.07) is 3.19. The van der Waals surface area contributed by atoms with Crippen molar-refractivity contribution in [2.45, 2.75) is 83.7 Å². The molecule has 2 heterocycles. The van der Waals surface area contributed by atoms with Gasteiger partial charge >= 0.3 is 0 Å². The van der Waals surface area contributed by atoms with Crippen LogP contribution in [0.5, 0.6) is 0 Å². The largest absolute Gasteiger partial charge is 0.279 e. The molecular formula is C14H29N2PS. The van der Waals surface area contributed by atoms with Gasteiger partial charge in [0.2, 0.25) is 0 Å². The Kier molecular flexibility index (Phi) is 5.28. The molecule has 4 heteroatoms. The first kappa shape index (κ1) is 15.0. The van der Waals surface area contributed by atoms with Gasteiger partial charge in [-0.15, -0.1) is 11.8 Å². The van der Waals surface area contributed by atoms with Gasteiger partial charge in [-0.05, 0) is 46.7 Å². The second kappa shape index (κ2) is 6.35. The molecule has 2 rings (SSSR count). The van der Waals surface area contributed by atoms with Gasteiger partial charge in [0.25, 0.3) is 0 Å². The van der Waals surface area contributed by atoms with Crippen molar-refractivity contribution in [3.05, 3.63) is 0 Å². The fourth-order valence-electron chi connectivity index (χ4n) is 3.33. The fraction of sp³-hybridized carbons (Fsp3) is 1.00. The van der Waals surface area contributed by atoms with Crippen LogP contribution in [0.15, 0.2) is 0 Å². The zero-order valence-electron chi connectivity index (χ0n) is 12.3. The Labute approximate surface area is 119 Å². The Morgan fingerprint density at radius 3 is 1.78 bits per heavy atom. The van der Waals surface area contributed by atoms with Gasteiger partial charge in [-0.25, -0.2) is 0 Å². The van der Waals surface area contributed by atoms with Crippen LogP contribution in [0.4, 0.5) is 0 Å². The molecule has 5 atom stereocenters. The molecule has 2 aliphatic heterocycles. The van der Waals surface area contributed by atoms with Crippen LogP contribution in [0.3, 0.4) is 0 Å². The molecule has 0 aromatic heterocycles. The van der Waals surface area contributed by atoms with Gasteiger partial charge in [0.15, 0.2) is 0 Å². The molecule has 18 heavy (non-hydrogen) atoms. The number of rotatable bonds is 8. The molecule has 0 saturated carbocycles. The van der Waals surface area contributed by atoms with Crippen LogP contribution in [0.25, 0.3) is 0 Å². The van der Waals surface area contributed by atoms with Crippen molar-refractivity contribution in [2.24, 2.45) is 0 Å². The van der Waals surface area contributed by atoms with E-state index >= 15 is 0 Å². The number of unbranched alkanes of at least 4 members (excludes halogenated alkanes) is 2. The van der Waals surface area contributed by atoms with E-state index in [1.165, 1.54) is 31.8 Å². The Morgan fingerprint density at radius 1 is 0.889 bits per heavy atom. The molecule has 0 amide bonds. The van der Waals surface area contributed by atoms with E-state index in [-0.39, 0.29) is 0 Å². The van der Waals surface area contributed by atoms with Crippen molar-refractivity contribution < 1.29 is 0 Å². The number of hydrogen-bond acceptors (Lipinski definition) is 3. The average Bonchev–Trinajstić information content (AvgIpc) is 3.14. The van der Waals surface area contributed by atoms with Gasteiger partial charge in [0.05, 0.1) is 6.17 Å². The van der Waals surface area contributed by atoms with Crippen molar-refractivity contribution in [2.75, 3.05) is 6.16 Å². The normalized spacial score (nSPS) is 44.4. The molecule has 2 fully saturated rings. The Balaban J connectivity index is 1.77. The number of hydrogen-bond donors (Lipinski definition) is 0. The minimum Gasteiger partial charge on any atom is -0.279 e. The maximum absolute atomic E-state index is 5.08. The number of nitrogens with zero attached hydrogens (tertiary/aromatic N) is 2. The maximum Gasteiger partial charge on any atom is 0.0634 e. The molecule has 0 spiro atoms. The second-order valence-corrected chi connectivity index (χ2v) is 8.05. The van der Waals surface area contributed by atoms with Gasteiger partial charge < -0.3 is 0 Å². The predicted octanol–water partition coefficient (Wildman–Crippen LogP) is 2.93. The summed E-state index contributed by atoms with van der Waals surface area (Å²) in [5.41, 5.74) is 0. The van der Waals surface area contributed by atoms with Crippen LogP contribution in [-0.4, -0.2) is 46.3 Å². The van der Waals surface area contributed by atoms with Crippen LogP contribution in [0, 0.1) is 0 Å². The first-order valence-corrected chi connectivity index (χ1v) is 10.3. The fourth-order valence-corrected chi connectivity index (χ4v) is 4.29. The molecule has 106 valence electrons. The topological polar surface area (TPSA) is 6.02 Å². The lowest BCUT2D eigenvalue weighted by Crippen LogP contribution is -2.31. The van der Waals surface area contributed by atoms with E-state index in [1.54, 1.807) is 0 Å². The van der Waals surface area contributed by atoms with Gasteiger partial charge in [0, 0.05) is 24.2 Å². The molecular weight excluding hydrogens is 259 g/mol. The summed E-state index contributed by atoms with van der Waals surface area (Å²) in [6.07, 6.45) is 7.51. The van der Waals surface area contributed by atoms with E-state index in [4.69, 9.17) is 11.8 Å². The lowest BCUT2D eigenvalue weighted by Gasteiger charge is -2.22. The summed E-state index contributed by atoms with van der Waals surface area (Å²) in [5, 5.41) is 0. The first-order chi connectivity index (χ1) is 8.59. The standard InChI is InChI=1S/C14H29N2PS/c1-10-11(2)15(10)14(16-12(3)13(16)4)8-6-5-7-9-17-18/h10-14H,5-9,17H2,1-4H3. The van der Waals surface area contributed by atoms with Crippen molar-refractivity contribution >= 4 is 19.2 Å². The predicted molar refractivity (Wildman–Crippen MR) is 85.7 cm³/mol. The maximum atomic E-state index is 5.08. The first-order valence-electron chi connectivity index (χ1n) is 7.58. The van der Waals surface area contributed by atoms with E-state index in [9.17, 15) is 0 Å². The monoisotopic (exact) mass is 288 g/mol. The van der Waals surface area contributed by atoms with Crippen LogP contribution in [0.1, 0.15) is 53.4 Å². The Hall–Kier alpha value is 0.570. The van der Waals surface area contributed by atoms with E-state index in [2.05, 4.69) is 37.5 Å². The minimum absolute atomic E-state index is 0.307. The minimum atomic E-state index is 0.307. The molecule has 0 aliphatic carbocycles. The van der Waals surface area contributed by atoms with Gasteiger partial charge in [-0.2, -0.15) is 0 Å². The summed E-state index contributed by atoms with van der Waals surface area (Å²) < 4.78 is 0. The highest BCUT2D eigenvalue weighted by Gasteiger charge is 2.53. The molecule has 5 unspecified atom stereocenters. The third kappa shape index (κ3) is 3.17. The van der Waals surface area contributed by atoms with Gasteiger partial charge in [-0.3, -0.25) is 9.80 Å². The molecule has 2 aliphatic rings. The lowest BCUT2D eigenvalue weighted by atomic mass is 10.1. The molecule has 0 bridgehead atoms. The van der Waals surface area contributed by atoms with Crippen LogP contribution in [-0.2, 0) is 11.8 Å². The summed E-state index contributed by atoms with van der Waals surface area (Å²) in [7, 11) is 0.307. The second-order valence-electron chi connectivity index (χ2n) is 6.14. The quantitative estimate of drug-likeness (QED) is 0.385. The molecule has 2 nitrogen and oxygen atoms in total. The zero-order valence-corrected chi connectivity index (χ0v) is 14.3. The smallest absolute Gasteiger partial charge is 0.0634 e. The molecule has 0 aromatic carbocycles. The Morgan fingerprint density at radius 2 is 1.39 bits per heavy atom. The highest BCUT2D eigenvalue weighted by Crippen LogP contribution is 2.41. The van der Waals surface area contributed by atoms with E-state index in [1.807, 2.05) is 0 Å². The average molecular weight is 288 g/mol. The molecule has 0 radical (unpaired) electrons. The van der Waals surface area contributed by atoms with Crippen molar-refractivity contribution in [1.29, 1.82) is 0 Å². The van der Waals surface area contributed by atoms with Crippen molar-refractivity contribution in [3.63, 3.8) is 0 Å². The SMILES string of the molecule is CC1C(C)N1C(CCCCC[PH2]=S)N1C(C)C1C. The van der Waals surface area contributed by atoms with Crippen LogP contribution in [0.2, 0.25) is 0 Å². The lowest BCUT2D eigenvalue weighted by molar-refractivity contribution is 0.186. The van der Waals surface area contributed by atoms with E-state index in [0.717, 1.165) is 30.3 Å². The van der Waals surface area contributed by atoms with Crippen LogP contribution < -0.4 is 0 Å². The van der Waals surface area contributed by atoms with Gasteiger partial charge in [-0.1, -0.05) is 20.2 Å². The summed E-state index contributed by atoms with van der Waals surface area (Å²) in [4.78, 5) is 5.41. The van der Waals surface area contributed by atoms with E-state index in [0.29, 0.717) is 7.36 Å². The summed E-state index contributed by atoms with van der Waals surface area (Å²) >= 11 is 5.08. The zero-order chi connectivity index (χ0) is 13.3. The van der Waals surface area contributed by atoms with Gasteiger partial charge in [0.1, 0.15) is 0 Å². The summed E-state index contributed by atoms with van der Waals surface area (Å²) in [5.74, 6) is 0. The molecule has 0 aromatic rings. The highest BCUT2D eigenvalue weighted by molar-refractivity contribution is 7.96. The van der Waals surface area contributed by atoms with Crippen molar-refractivity contribution in [1.82, 2.24) is 9.80 Å².